The van der Waals surface area contributed by atoms with E-state index in [2.05, 4.69) is 0 Å². The predicted molar refractivity (Wildman–Crippen MR) is 75.8 cm³/mol. The predicted octanol–water partition coefficient (Wildman–Crippen LogP) is 1.05. The van der Waals surface area contributed by atoms with E-state index in [-0.39, 0.29) is 12.2 Å². The molecule has 1 fully saturated rings. The summed E-state index contributed by atoms with van der Waals surface area (Å²) in [6, 6.07) is 5.89. The molecule has 1 heterocycles. The van der Waals surface area contributed by atoms with E-state index in [1.165, 1.54) is 0 Å². The van der Waals surface area contributed by atoms with Gasteiger partial charge >= 0.3 is 5.97 Å². The lowest BCUT2D eigenvalue weighted by atomic mass is 10.0. The first-order valence-corrected chi connectivity index (χ1v) is 6.83. The van der Waals surface area contributed by atoms with Crippen molar-refractivity contribution in [2.24, 2.45) is 0 Å². The minimum atomic E-state index is -0.973. The number of carbonyl (C=O) groups is 2. The summed E-state index contributed by atoms with van der Waals surface area (Å²) in [5.41, 5.74) is 0.496. The maximum atomic E-state index is 12.2. The lowest BCUT2D eigenvalue weighted by Crippen LogP contribution is -2.48. The van der Waals surface area contributed by atoms with E-state index in [0.29, 0.717) is 37.6 Å². The van der Waals surface area contributed by atoms with Crippen molar-refractivity contribution in [2.45, 2.75) is 12.5 Å². The van der Waals surface area contributed by atoms with E-state index in [0.717, 1.165) is 0 Å². The first-order chi connectivity index (χ1) is 10.1. The summed E-state index contributed by atoms with van der Waals surface area (Å²) in [6.45, 7) is 2.07. The molecule has 0 spiro atoms. The van der Waals surface area contributed by atoms with Crippen LogP contribution in [0.5, 0.6) is 5.75 Å². The van der Waals surface area contributed by atoms with Crippen LogP contribution >= 0.6 is 0 Å². The summed E-state index contributed by atoms with van der Waals surface area (Å²) < 4.78 is 10.2. The molecule has 0 amide bonds. The van der Waals surface area contributed by atoms with E-state index in [1.807, 2.05) is 0 Å². The fourth-order valence-electron chi connectivity index (χ4n) is 2.33. The Hall–Kier alpha value is -1.92. The Morgan fingerprint density at radius 1 is 1.29 bits per heavy atom. The number of ketones is 1. The van der Waals surface area contributed by atoms with Gasteiger partial charge in [-0.25, -0.2) is 0 Å². The van der Waals surface area contributed by atoms with Gasteiger partial charge in [0, 0.05) is 25.1 Å². The molecule has 1 N–H and O–H groups in total. The Morgan fingerprint density at radius 2 is 1.90 bits per heavy atom. The first-order valence-electron chi connectivity index (χ1n) is 6.83. The van der Waals surface area contributed by atoms with Gasteiger partial charge in [0.1, 0.15) is 11.8 Å². The highest BCUT2D eigenvalue weighted by Crippen LogP contribution is 2.16. The highest BCUT2D eigenvalue weighted by Gasteiger charge is 2.29. The lowest BCUT2D eigenvalue weighted by molar-refractivity contribution is -0.144. The molecule has 0 radical (unpaired) electrons. The summed E-state index contributed by atoms with van der Waals surface area (Å²) in [6.07, 6.45) is -0.0400. The second kappa shape index (κ2) is 7.19. The van der Waals surface area contributed by atoms with Crippen LogP contribution in [0.4, 0.5) is 0 Å². The van der Waals surface area contributed by atoms with Crippen LogP contribution in [-0.2, 0) is 9.53 Å². The van der Waals surface area contributed by atoms with Crippen molar-refractivity contribution in [1.29, 1.82) is 0 Å². The number of nitrogens with zero attached hydrogens (tertiary/aromatic N) is 1. The Morgan fingerprint density at radius 3 is 2.43 bits per heavy atom. The van der Waals surface area contributed by atoms with Crippen LogP contribution in [0.3, 0.4) is 0 Å². The molecule has 1 aromatic carbocycles. The van der Waals surface area contributed by atoms with Gasteiger partial charge in [0.2, 0.25) is 0 Å². The van der Waals surface area contributed by atoms with Gasteiger partial charge < -0.3 is 14.6 Å². The van der Waals surface area contributed by atoms with Crippen molar-refractivity contribution in [3.8, 4) is 5.75 Å². The number of carboxylic acid groups (broad SMARTS) is 1. The third-order valence-corrected chi connectivity index (χ3v) is 3.56. The minimum Gasteiger partial charge on any atom is -0.497 e. The lowest BCUT2D eigenvalue weighted by Gasteiger charge is -2.31. The number of rotatable bonds is 6. The summed E-state index contributed by atoms with van der Waals surface area (Å²) in [5.74, 6) is -0.496. The Labute approximate surface area is 123 Å². The smallest absolute Gasteiger partial charge is 0.321 e. The molecule has 1 atom stereocenters. The zero-order valence-corrected chi connectivity index (χ0v) is 11.9. The summed E-state index contributed by atoms with van der Waals surface area (Å²) in [5, 5.41) is 9.35. The Balaban J connectivity index is 2.04. The highest BCUT2D eigenvalue weighted by molar-refractivity contribution is 5.98. The van der Waals surface area contributed by atoms with Crippen LogP contribution < -0.4 is 4.74 Å². The van der Waals surface area contributed by atoms with Crippen LogP contribution in [-0.4, -0.2) is 61.2 Å². The molecule has 1 aliphatic rings. The second-order valence-corrected chi connectivity index (χ2v) is 4.86. The molecular formula is C15H19NO5. The number of ether oxygens (including phenoxy) is 2. The number of morpholine rings is 1. The number of carbonyl (C=O) groups excluding carboxylic acids is 1. The molecule has 21 heavy (non-hydrogen) atoms. The van der Waals surface area contributed by atoms with Crippen LogP contribution in [0.1, 0.15) is 16.8 Å². The van der Waals surface area contributed by atoms with Gasteiger partial charge in [-0.05, 0) is 24.3 Å². The van der Waals surface area contributed by atoms with Crippen LogP contribution in [0.15, 0.2) is 24.3 Å². The average Bonchev–Trinajstić information content (AvgIpc) is 2.53. The summed E-state index contributed by atoms with van der Waals surface area (Å²) in [7, 11) is 1.55. The number of carboxylic acids is 1. The van der Waals surface area contributed by atoms with Crippen molar-refractivity contribution in [3.05, 3.63) is 29.8 Å². The number of hydrogen-bond acceptors (Lipinski definition) is 5. The van der Waals surface area contributed by atoms with Crippen LogP contribution in [0.25, 0.3) is 0 Å². The normalized spacial score (nSPS) is 17.2. The molecule has 6 nitrogen and oxygen atoms in total. The minimum absolute atomic E-state index is 0.0400. The standard InChI is InChI=1S/C15H19NO5/c1-20-12-4-2-11(3-5-12)14(17)10-13(15(18)19)16-6-8-21-9-7-16/h2-5,13H,6-10H2,1H3,(H,18,19). The van der Waals surface area contributed by atoms with Crippen molar-refractivity contribution >= 4 is 11.8 Å². The highest BCUT2D eigenvalue weighted by atomic mass is 16.5. The Kier molecular flexibility index (Phi) is 5.30. The molecular weight excluding hydrogens is 274 g/mol. The molecule has 1 aromatic rings. The number of aliphatic carboxylic acids is 1. The third-order valence-electron chi connectivity index (χ3n) is 3.56. The van der Waals surface area contributed by atoms with E-state index in [9.17, 15) is 14.7 Å². The fraction of sp³-hybridized carbons (Fsp3) is 0.467. The SMILES string of the molecule is COc1ccc(C(=O)CC(C(=O)O)N2CCOCC2)cc1. The van der Waals surface area contributed by atoms with Gasteiger partial charge in [0.05, 0.1) is 20.3 Å². The van der Waals surface area contributed by atoms with Gasteiger partial charge in [0.15, 0.2) is 5.78 Å². The topological polar surface area (TPSA) is 76.1 Å². The van der Waals surface area contributed by atoms with Gasteiger partial charge in [-0.3, -0.25) is 14.5 Å². The molecule has 114 valence electrons. The third kappa shape index (κ3) is 4.03. The van der Waals surface area contributed by atoms with Crippen LogP contribution in [0, 0.1) is 0 Å². The van der Waals surface area contributed by atoms with Gasteiger partial charge in [-0.2, -0.15) is 0 Å². The molecule has 0 bridgehead atoms. The van der Waals surface area contributed by atoms with E-state index >= 15 is 0 Å². The zero-order chi connectivity index (χ0) is 15.2. The van der Waals surface area contributed by atoms with Crippen LogP contribution in [0.2, 0.25) is 0 Å². The van der Waals surface area contributed by atoms with Crippen molar-refractivity contribution < 1.29 is 24.2 Å². The number of hydrogen-bond donors (Lipinski definition) is 1. The molecule has 0 aromatic heterocycles. The van der Waals surface area contributed by atoms with E-state index in [4.69, 9.17) is 9.47 Å². The van der Waals surface area contributed by atoms with Crippen molar-refractivity contribution in [1.82, 2.24) is 4.90 Å². The number of methoxy groups -OCH3 is 1. The van der Waals surface area contributed by atoms with Gasteiger partial charge in [-0.1, -0.05) is 0 Å². The molecule has 2 rings (SSSR count). The maximum absolute atomic E-state index is 12.2. The van der Waals surface area contributed by atoms with Crippen molar-refractivity contribution in [2.75, 3.05) is 33.4 Å². The Bertz CT molecular complexity index is 493. The first kappa shape index (κ1) is 15.5. The van der Waals surface area contributed by atoms with Gasteiger partial charge in [0.25, 0.3) is 0 Å². The fourth-order valence-corrected chi connectivity index (χ4v) is 2.33. The quantitative estimate of drug-likeness (QED) is 0.790. The molecule has 1 unspecified atom stereocenters. The van der Waals surface area contributed by atoms with E-state index in [1.54, 1.807) is 36.3 Å². The second-order valence-electron chi connectivity index (χ2n) is 4.86. The molecule has 6 heteroatoms. The summed E-state index contributed by atoms with van der Waals surface area (Å²) in [4.78, 5) is 25.4. The van der Waals surface area contributed by atoms with E-state index < -0.39 is 12.0 Å². The molecule has 0 saturated carbocycles. The molecule has 1 saturated heterocycles. The van der Waals surface area contributed by atoms with Gasteiger partial charge in [-0.15, -0.1) is 0 Å². The zero-order valence-electron chi connectivity index (χ0n) is 11.9. The number of Topliss-reactive ketones (excluding diaryl/α,β-unsaturated/α-hetero) is 1. The van der Waals surface area contributed by atoms with Crippen molar-refractivity contribution in [3.63, 3.8) is 0 Å². The molecule has 0 aliphatic carbocycles. The monoisotopic (exact) mass is 293 g/mol. The maximum Gasteiger partial charge on any atom is 0.321 e. The summed E-state index contributed by atoms with van der Waals surface area (Å²) >= 11 is 0. The largest absolute Gasteiger partial charge is 0.497 e. The molecule has 1 aliphatic heterocycles. The number of benzene rings is 1. The average molecular weight is 293 g/mol.